The van der Waals surface area contributed by atoms with Crippen molar-refractivity contribution in [2.75, 3.05) is 0 Å². The Morgan fingerprint density at radius 3 is 3.09 bits per heavy atom. The number of carbonyl (C=O) groups is 1. The predicted molar refractivity (Wildman–Crippen MR) is 39.2 cm³/mol. The molecule has 11 heavy (non-hydrogen) atoms. The van der Waals surface area contributed by atoms with Crippen LogP contribution >= 0.6 is 0 Å². The van der Waals surface area contributed by atoms with E-state index in [0.29, 0.717) is 6.42 Å². The molecule has 1 aromatic heterocycles. The molecule has 0 aliphatic rings. The van der Waals surface area contributed by atoms with E-state index in [4.69, 9.17) is 5.11 Å². The molecule has 0 aliphatic heterocycles. The van der Waals surface area contributed by atoms with Crippen molar-refractivity contribution >= 4 is 5.78 Å². The Hall–Kier alpha value is -1.16. The number of nitrogens with zero attached hydrogens (tertiary/aromatic N) is 1. The second-order valence-electron chi connectivity index (χ2n) is 2.23. The molecule has 0 unspecified atom stereocenters. The Kier molecular flexibility index (Phi) is 2.38. The summed E-state index contributed by atoms with van der Waals surface area (Å²) in [7, 11) is 0. The fourth-order valence-electron chi connectivity index (χ4n) is 0.743. The van der Waals surface area contributed by atoms with E-state index in [1.54, 1.807) is 13.1 Å². The van der Waals surface area contributed by atoms with Crippen LogP contribution in [0.2, 0.25) is 0 Å². The number of hydrogen-bond donors (Lipinski definition) is 2. The maximum atomic E-state index is 11.1. The molecule has 0 amide bonds. The molecule has 0 bridgehead atoms. The van der Waals surface area contributed by atoms with Crippen LogP contribution in [0.5, 0.6) is 0 Å². The SMILES string of the molecule is CC[C@H](O)C(=O)c1ncc[nH]1. The fourth-order valence-corrected chi connectivity index (χ4v) is 0.743. The third-order valence-corrected chi connectivity index (χ3v) is 1.42. The van der Waals surface area contributed by atoms with Gasteiger partial charge in [-0.15, -0.1) is 0 Å². The van der Waals surface area contributed by atoms with Gasteiger partial charge >= 0.3 is 0 Å². The van der Waals surface area contributed by atoms with Crippen LogP contribution in [-0.4, -0.2) is 27.0 Å². The van der Waals surface area contributed by atoms with E-state index in [1.807, 2.05) is 0 Å². The molecule has 2 N–H and O–H groups in total. The minimum atomic E-state index is -0.929. The molecule has 0 aliphatic carbocycles. The molecular weight excluding hydrogens is 144 g/mol. The van der Waals surface area contributed by atoms with Gasteiger partial charge in [-0.05, 0) is 6.42 Å². The smallest absolute Gasteiger partial charge is 0.226 e. The topological polar surface area (TPSA) is 66.0 Å². The number of nitrogens with one attached hydrogen (secondary N) is 1. The number of H-pyrrole nitrogens is 1. The lowest BCUT2D eigenvalue weighted by atomic mass is 10.2. The van der Waals surface area contributed by atoms with E-state index < -0.39 is 6.10 Å². The number of aromatic amines is 1. The highest BCUT2D eigenvalue weighted by Crippen LogP contribution is 1.99. The van der Waals surface area contributed by atoms with Crippen LogP contribution < -0.4 is 0 Å². The average Bonchev–Trinajstić information content (AvgIpc) is 2.53. The number of rotatable bonds is 3. The number of hydrogen-bond acceptors (Lipinski definition) is 3. The average molecular weight is 154 g/mol. The Balaban J connectivity index is 2.70. The largest absolute Gasteiger partial charge is 0.385 e. The van der Waals surface area contributed by atoms with Crippen molar-refractivity contribution in [3.8, 4) is 0 Å². The zero-order chi connectivity index (χ0) is 8.27. The fraction of sp³-hybridized carbons (Fsp3) is 0.429. The Morgan fingerprint density at radius 2 is 2.64 bits per heavy atom. The van der Waals surface area contributed by atoms with Gasteiger partial charge in [-0.1, -0.05) is 6.92 Å². The third-order valence-electron chi connectivity index (χ3n) is 1.42. The molecule has 0 radical (unpaired) electrons. The summed E-state index contributed by atoms with van der Waals surface area (Å²) in [5.74, 6) is -0.128. The molecule has 1 aromatic rings. The molecule has 0 fully saturated rings. The lowest BCUT2D eigenvalue weighted by Crippen LogP contribution is -2.20. The Labute approximate surface area is 64.3 Å². The van der Waals surface area contributed by atoms with Crippen LogP contribution in [0.4, 0.5) is 0 Å². The summed E-state index contributed by atoms with van der Waals surface area (Å²) in [5, 5.41) is 9.09. The van der Waals surface area contributed by atoms with Gasteiger partial charge in [0.1, 0.15) is 6.10 Å². The normalized spacial score (nSPS) is 12.9. The summed E-state index contributed by atoms with van der Waals surface area (Å²) >= 11 is 0. The van der Waals surface area contributed by atoms with E-state index in [1.165, 1.54) is 6.20 Å². The first-order chi connectivity index (χ1) is 5.25. The van der Waals surface area contributed by atoms with Crippen LogP contribution in [0.1, 0.15) is 24.0 Å². The zero-order valence-electron chi connectivity index (χ0n) is 6.24. The van der Waals surface area contributed by atoms with Crippen molar-refractivity contribution in [2.45, 2.75) is 19.4 Å². The second kappa shape index (κ2) is 3.30. The van der Waals surface area contributed by atoms with Gasteiger partial charge in [-0.2, -0.15) is 0 Å². The summed E-state index contributed by atoms with van der Waals surface area (Å²) in [4.78, 5) is 17.4. The van der Waals surface area contributed by atoms with Crippen molar-refractivity contribution in [3.63, 3.8) is 0 Å². The molecule has 0 saturated heterocycles. The highest BCUT2D eigenvalue weighted by atomic mass is 16.3. The first-order valence-corrected chi connectivity index (χ1v) is 3.47. The van der Waals surface area contributed by atoms with E-state index in [2.05, 4.69) is 9.97 Å². The Bertz CT molecular complexity index is 231. The second-order valence-corrected chi connectivity index (χ2v) is 2.23. The van der Waals surface area contributed by atoms with Gasteiger partial charge < -0.3 is 10.1 Å². The summed E-state index contributed by atoms with van der Waals surface area (Å²) < 4.78 is 0. The molecule has 0 spiro atoms. The minimum absolute atomic E-state index is 0.222. The van der Waals surface area contributed by atoms with Gasteiger partial charge in [0.05, 0.1) is 0 Å². The summed E-state index contributed by atoms with van der Waals surface area (Å²) in [6, 6.07) is 0. The number of aromatic nitrogens is 2. The lowest BCUT2D eigenvalue weighted by Gasteiger charge is -2.01. The predicted octanol–water partition coefficient (Wildman–Crippen LogP) is 0.363. The molecular formula is C7H10N2O2. The maximum Gasteiger partial charge on any atom is 0.226 e. The van der Waals surface area contributed by atoms with E-state index in [0.717, 1.165) is 0 Å². The highest BCUT2D eigenvalue weighted by Gasteiger charge is 2.16. The van der Waals surface area contributed by atoms with E-state index in [-0.39, 0.29) is 11.6 Å². The lowest BCUT2D eigenvalue weighted by molar-refractivity contribution is 0.0730. The maximum absolute atomic E-state index is 11.1. The van der Waals surface area contributed by atoms with Gasteiger partial charge in [0.25, 0.3) is 0 Å². The number of Topliss-reactive ketones (excluding diaryl/α,β-unsaturated/α-hetero) is 1. The molecule has 1 atom stereocenters. The van der Waals surface area contributed by atoms with Crippen LogP contribution in [0.25, 0.3) is 0 Å². The summed E-state index contributed by atoms with van der Waals surface area (Å²) in [6.45, 7) is 1.74. The van der Waals surface area contributed by atoms with Crippen molar-refractivity contribution in [2.24, 2.45) is 0 Å². The molecule has 4 nitrogen and oxygen atoms in total. The number of carbonyl (C=O) groups excluding carboxylic acids is 1. The highest BCUT2D eigenvalue weighted by molar-refractivity contribution is 5.95. The molecule has 60 valence electrons. The number of ketones is 1. The van der Waals surface area contributed by atoms with Gasteiger partial charge in [0.15, 0.2) is 5.82 Å². The van der Waals surface area contributed by atoms with E-state index >= 15 is 0 Å². The molecule has 0 saturated carbocycles. The Morgan fingerprint density at radius 1 is 1.91 bits per heavy atom. The van der Waals surface area contributed by atoms with Gasteiger partial charge in [-0.3, -0.25) is 4.79 Å². The number of aliphatic hydroxyl groups is 1. The van der Waals surface area contributed by atoms with Crippen molar-refractivity contribution < 1.29 is 9.90 Å². The third kappa shape index (κ3) is 1.65. The standard InChI is InChI=1S/C7H10N2O2/c1-2-5(10)6(11)7-8-3-4-9-7/h3-5,10H,2H2,1H3,(H,8,9)/t5-/m0/s1. The van der Waals surface area contributed by atoms with Gasteiger partial charge in [0, 0.05) is 12.4 Å². The van der Waals surface area contributed by atoms with Crippen molar-refractivity contribution in [1.29, 1.82) is 0 Å². The van der Waals surface area contributed by atoms with Crippen molar-refractivity contribution in [1.82, 2.24) is 9.97 Å². The summed E-state index contributed by atoms with van der Waals surface area (Å²) in [6.07, 6.45) is 2.52. The van der Waals surface area contributed by atoms with Crippen LogP contribution in [0.3, 0.4) is 0 Å². The zero-order valence-corrected chi connectivity index (χ0v) is 6.24. The first kappa shape index (κ1) is 7.94. The van der Waals surface area contributed by atoms with Gasteiger partial charge in [-0.25, -0.2) is 4.98 Å². The molecule has 4 heteroatoms. The van der Waals surface area contributed by atoms with E-state index in [9.17, 15) is 4.79 Å². The number of imidazole rings is 1. The van der Waals surface area contributed by atoms with Crippen LogP contribution in [0, 0.1) is 0 Å². The molecule has 0 aromatic carbocycles. The quantitative estimate of drug-likeness (QED) is 0.618. The first-order valence-electron chi connectivity index (χ1n) is 3.47. The van der Waals surface area contributed by atoms with Crippen LogP contribution in [0.15, 0.2) is 12.4 Å². The molecule has 1 heterocycles. The van der Waals surface area contributed by atoms with Crippen LogP contribution in [-0.2, 0) is 0 Å². The van der Waals surface area contributed by atoms with Gasteiger partial charge in [0.2, 0.25) is 5.78 Å². The minimum Gasteiger partial charge on any atom is -0.385 e. The number of aliphatic hydroxyl groups excluding tert-OH is 1. The van der Waals surface area contributed by atoms with Crippen molar-refractivity contribution in [3.05, 3.63) is 18.2 Å². The molecule has 1 rings (SSSR count). The summed E-state index contributed by atoms with van der Waals surface area (Å²) in [5.41, 5.74) is 0. The monoisotopic (exact) mass is 154 g/mol.